The minimum atomic E-state index is -0.0942. The number of carbonyl (C=O) groups is 3. The Bertz CT molecular complexity index is 627. The first-order valence-electron chi connectivity index (χ1n) is 8.57. The van der Waals surface area contributed by atoms with Crippen LogP contribution < -0.4 is 14.2 Å². The lowest BCUT2D eigenvalue weighted by molar-refractivity contribution is 0.110. The molecule has 27 heavy (non-hydrogen) atoms. The lowest BCUT2D eigenvalue weighted by Gasteiger charge is -2.20. The molecule has 1 aromatic carbocycles. The summed E-state index contributed by atoms with van der Waals surface area (Å²) in [5, 5.41) is 0. The molecule has 9 heteroatoms. The summed E-state index contributed by atoms with van der Waals surface area (Å²) in [6, 6.07) is 0. The number of epoxide rings is 3. The summed E-state index contributed by atoms with van der Waals surface area (Å²) in [6.45, 7) is 2.13. The van der Waals surface area contributed by atoms with Crippen LogP contribution in [0.5, 0.6) is 17.2 Å². The predicted molar refractivity (Wildman–Crippen MR) is 88.3 cm³/mol. The van der Waals surface area contributed by atoms with Gasteiger partial charge in [-0.1, -0.05) is 0 Å². The molecule has 3 heterocycles. The molecule has 0 bridgehead atoms. The molecule has 3 atom stereocenters. The Morgan fingerprint density at radius 1 is 0.630 bits per heavy atom. The molecule has 3 fully saturated rings. The molecule has 0 N–H and O–H groups in total. The van der Waals surface area contributed by atoms with E-state index in [2.05, 4.69) is 0 Å². The van der Waals surface area contributed by atoms with E-state index in [0.717, 1.165) is 0 Å². The Hall–Kier alpha value is -2.49. The Balaban J connectivity index is 1.75. The SMILES string of the molecule is O=Cc1c(OCC2CO2)c(C=O)c(OCC2CO2)c(C=O)c1OCC1CO1. The largest absolute Gasteiger partial charge is 0.489 e. The van der Waals surface area contributed by atoms with Crippen LogP contribution in [-0.2, 0) is 14.2 Å². The lowest BCUT2D eigenvalue weighted by atomic mass is 10.0. The molecule has 144 valence electrons. The fourth-order valence-electron chi connectivity index (χ4n) is 2.55. The second kappa shape index (κ2) is 7.63. The van der Waals surface area contributed by atoms with Gasteiger partial charge in [0, 0.05) is 0 Å². The molecule has 0 spiro atoms. The molecular formula is C18H18O9. The van der Waals surface area contributed by atoms with Gasteiger partial charge in [-0.15, -0.1) is 0 Å². The molecular weight excluding hydrogens is 360 g/mol. The van der Waals surface area contributed by atoms with Crippen LogP contribution in [0.15, 0.2) is 0 Å². The third-order valence-electron chi connectivity index (χ3n) is 4.27. The molecule has 4 rings (SSSR count). The van der Waals surface area contributed by atoms with Crippen molar-refractivity contribution in [3.8, 4) is 17.2 Å². The van der Waals surface area contributed by atoms with Crippen LogP contribution in [0.25, 0.3) is 0 Å². The number of hydrogen-bond donors (Lipinski definition) is 0. The summed E-state index contributed by atoms with van der Waals surface area (Å²) in [7, 11) is 0. The summed E-state index contributed by atoms with van der Waals surface area (Å²) in [6.07, 6.45) is 1.22. The molecule has 9 nitrogen and oxygen atoms in total. The van der Waals surface area contributed by atoms with Crippen LogP contribution >= 0.6 is 0 Å². The normalized spacial score (nSPS) is 24.7. The van der Waals surface area contributed by atoms with Crippen molar-refractivity contribution in [3.63, 3.8) is 0 Å². The van der Waals surface area contributed by atoms with Crippen molar-refractivity contribution < 1.29 is 42.8 Å². The van der Waals surface area contributed by atoms with Gasteiger partial charge in [0.05, 0.1) is 19.8 Å². The summed E-state index contributed by atoms with van der Waals surface area (Å²) >= 11 is 0. The highest BCUT2D eigenvalue weighted by Crippen LogP contribution is 2.42. The van der Waals surface area contributed by atoms with E-state index in [1.807, 2.05) is 0 Å². The number of hydrogen-bond acceptors (Lipinski definition) is 9. The Labute approximate surface area is 154 Å². The summed E-state index contributed by atoms with van der Waals surface area (Å²) in [5.41, 5.74) is -0.0541. The zero-order chi connectivity index (χ0) is 18.8. The molecule has 1 aromatic rings. The van der Waals surface area contributed by atoms with Crippen LogP contribution in [0.1, 0.15) is 31.1 Å². The Morgan fingerprint density at radius 3 is 1.07 bits per heavy atom. The molecule has 0 saturated carbocycles. The van der Waals surface area contributed by atoms with Crippen LogP contribution in [0.2, 0.25) is 0 Å². The van der Waals surface area contributed by atoms with Gasteiger partial charge in [0.2, 0.25) is 0 Å². The van der Waals surface area contributed by atoms with Crippen molar-refractivity contribution in [3.05, 3.63) is 16.7 Å². The predicted octanol–water partition coefficient (Wildman–Crippen LogP) is 0.457. The fraction of sp³-hybridized carbons (Fsp3) is 0.500. The van der Waals surface area contributed by atoms with Gasteiger partial charge in [-0.05, 0) is 0 Å². The van der Waals surface area contributed by atoms with E-state index in [-0.39, 0.29) is 72.1 Å². The second-order valence-electron chi connectivity index (χ2n) is 6.38. The molecule has 0 amide bonds. The van der Waals surface area contributed by atoms with Crippen LogP contribution in [0.4, 0.5) is 0 Å². The minimum Gasteiger partial charge on any atom is -0.489 e. The van der Waals surface area contributed by atoms with E-state index in [0.29, 0.717) is 38.7 Å². The maximum atomic E-state index is 11.8. The maximum absolute atomic E-state index is 11.8. The highest BCUT2D eigenvalue weighted by molar-refractivity contribution is 6.01. The van der Waals surface area contributed by atoms with Gasteiger partial charge >= 0.3 is 0 Å². The van der Waals surface area contributed by atoms with Gasteiger partial charge in [0.25, 0.3) is 0 Å². The summed E-state index contributed by atoms with van der Waals surface area (Å²) in [5.74, 6) is 0.0404. The molecule has 3 saturated heterocycles. The topological polar surface area (TPSA) is 116 Å². The average molecular weight is 378 g/mol. The van der Waals surface area contributed by atoms with Gasteiger partial charge in [0.15, 0.2) is 18.9 Å². The average Bonchev–Trinajstić information content (AvgIpc) is 3.55. The van der Waals surface area contributed by atoms with E-state index in [1.54, 1.807) is 0 Å². The standard InChI is InChI=1S/C18H18O9/c19-1-13-16(25-7-10-4-22-10)14(2-20)18(27-9-12-6-24-12)15(3-21)17(13)26-8-11-5-23-11/h1-3,10-12H,4-9H2. The van der Waals surface area contributed by atoms with Crippen molar-refractivity contribution >= 4 is 18.9 Å². The van der Waals surface area contributed by atoms with Gasteiger partial charge in [-0.2, -0.15) is 0 Å². The smallest absolute Gasteiger partial charge is 0.157 e. The number of carbonyl (C=O) groups excluding carboxylic acids is 3. The zero-order valence-corrected chi connectivity index (χ0v) is 14.4. The fourth-order valence-corrected chi connectivity index (χ4v) is 2.55. The quantitative estimate of drug-likeness (QED) is 0.377. The van der Waals surface area contributed by atoms with Crippen molar-refractivity contribution in [2.45, 2.75) is 18.3 Å². The van der Waals surface area contributed by atoms with E-state index in [1.165, 1.54) is 0 Å². The van der Waals surface area contributed by atoms with Crippen LogP contribution in [-0.4, -0.2) is 76.8 Å². The summed E-state index contributed by atoms with van der Waals surface area (Å²) < 4.78 is 32.3. The van der Waals surface area contributed by atoms with Crippen LogP contribution in [0.3, 0.4) is 0 Å². The number of ether oxygens (including phenoxy) is 6. The number of benzene rings is 1. The first kappa shape index (κ1) is 17.9. The number of rotatable bonds is 12. The molecule has 0 aromatic heterocycles. The van der Waals surface area contributed by atoms with Crippen molar-refractivity contribution in [2.75, 3.05) is 39.6 Å². The molecule has 3 unspecified atom stereocenters. The zero-order valence-electron chi connectivity index (χ0n) is 14.4. The molecule has 3 aliphatic rings. The third kappa shape index (κ3) is 4.10. The van der Waals surface area contributed by atoms with Crippen molar-refractivity contribution in [1.82, 2.24) is 0 Å². The third-order valence-corrected chi connectivity index (χ3v) is 4.27. The first-order chi connectivity index (χ1) is 13.2. The molecule has 0 radical (unpaired) electrons. The van der Waals surface area contributed by atoms with Gasteiger partial charge < -0.3 is 28.4 Å². The van der Waals surface area contributed by atoms with E-state index >= 15 is 0 Å². The van der Waals surface area contributed by atoms with Crippen molar-refractivity contribution in [2.24, 2.45) is 0 Å². The molecule has 3 aliphatic heterocycles. The Morgan fingerprint density at radius 2 is 0.889 bits per heavy atom. The van der Waals surface area contributed by atoms with E-state index < -0.39 is 0 Å². The second-order valence-corrected chi connectivity index (χ2v) is 6.38. The highest BCUT2D eigenvalue weighted by atomic mass is 16.6. The molecule has 0 aliphatic carbocycles. The van der Waals surface area contributed by atoms with Gasteiger partial charge in [-0.25, -0.2) is 0 Å². The monoisotopic (exact) mass is 378 g/mol. The number of aldehydes is 3. The summed E-state index contributed by atoms with van der Waals surface area (Å²) in [4.78, 5) is 35.3. The van der Waals surface area contributed by atoms with Gasteiger partial charge in [0.1, 0.15) is 72.1 Å². The Kier molecular flexibility index (Phi) is 5.06. The van der Waals surface area contributed by atoms with Crippen molar-refractivity contribution in [1.29, 1.82) is 0 Å². The lowest BCUT2D eigenvalue weighted by Crippen LogP contribution is -2.16. The first-order valence-corrected chi connectivity index (χ1v) is 8.57. The van der Waals surface area contributed by atoms with Gasteiger partial charge in [-0.3, -0.25) is 14.4 Å². The van der Waals surface area contributed by atoms with Crippen LogP contribution in [0, 0.1) is 0 Å². The maximum Gasteiger partial charge on any atom is 0.157 e. The van der Waals surface area contributed by atoms with E-state index in [4.69, 9.17) is 28.4 Å². The minimum absolute atomic E-state index is 0.0135. The highest BCUT2D eigenvalue weighted by Gasteiger charge is 2.32. The van der Waals surface area contributed by atoms with E-state index in [9.17, 15) is 14.4 Å².